The van der Waals surface area contributed by atoms with Crippen LogP contribution in [0.4, 0.5) is 65.9 Å². The molecule has 0 saturated heterocycles. The average Bonchev–Trinajstić information content (AvgIpc) is 2.98. The smallest absolute Gasteiger partial charge is 0.200 e. The molecule has 0 radical (unpaired) electrons. The van der Waals surface area contributed by atoms with Crippen molar-refractivity contribution in [1.29, 1.82) is 0 Å². The summed E-state index contributed by atoms with van der Waals surface area (Å²) in [6.45, 7) is 2.88. The van der Waals surface area contributed by atoms with Crippen LogP contribution < -0.4 is 16.4 Å². The summed E-state index contributed by atoms with van der Waals surface area (Å²) in [6.07, 6.45) is -1.63. The lowest BCUT2D eigenvalue weighted by molar-refractivity contribution is 0.380. The zero-order chi connectivity index (χ0) is 32.7. The van der Waals surface area contributed by atoms with Crippen molar-refractivity contribution in [3.8, 4) is 0 Å². The molecule has 17 heteroatoms. The monoisotopic (exact) mass is 657 g/mol. The summed E-state index contributed by atoms with van der Waals surface area (Å²) >= 11 is 0. The zero-order valence-corrected chi connectivity index (χ0v) is 22.8. The lowest BCUT2D eigenvalue weighted by Gasteiger charge is -2.51. The number of unbranched alkanes of at least 4 members (excludes halogenated alkanes) is 2. The van der Waals surface area contributed by atoms with Gasteiger partial charge in [-0.2, -0.15) is 0 Å². The minimum atomic E-state index is -5.45. The third kappa shape index (κ3) is 5.27. The molecular formula is C26H18BF15P-. The van der Waals surface area contributed by atoms with E-state index in [0.29, 0.717) is 0 Å². The molecule has 0 aliphatic heterocycles. The van der Waals surface area contributed by atoms with Gasteiger partial charge in [0.25, 0.3) is 0 Å². The van der Waals surface area contributed by atoms with Crippen LogP contribution in [0, 0.1) is 87.3 Å². The van der Waals surface area contributed by atoms with Crippen LogP contribution in [0.15, 0.2) is 0 Å². The van der Waals surface area contributed by atoms with Crippen LogP contribution in [0.1, 0.15) is 39.5 Å². The van der Waals surface area contributed by atoms with Crippen molar-refractivity contribution in [2.75, 3.05) is 12.3 Å². The Labute approximate surface area is 235 Å². The second-order valence-electron chi connectivity index (χ2n) is 9.51. The SMILES string of the molecule is CCCCP(CCCC)[B-](c1c(F)c(F)c(F)c(F)c1F)(c1c(F)c(F)c(F)c(F)c1F)c1c(F)c(F)c(F)c(F)c1F. The molecular weight excluding hydrogens is 639 g/mol. The lowest BCUT2D eigenvalue weighted by atomic mass is 9.33. The van der Waals surface area contributed by atoms with Crippen LogP contribution in [-0.2, 0) is 0 Å². The molecule has 3 rings (SSSR count). The van der Waals surface area contributed by atoms with Gasteiger partial charge < -0.3 is 0 Å². The van der Waals surface area contributed by atoms with Crippen molar-refractivity contribution >= 4 is 30.1 Å². The molecule has 0 fully saturated rings. The number of rotatable bonds is 10. The molecule has 0 bridgehead atoms. The minimum Gasteiger partial charge on any atom is -0.261 e. The Morgan fingerprint density at radius 1 is 0.349 bits per heavy atom. The molecule has 0 unspecified atom stereocenters. The second-order valence-corrected chi connectivity index (χ2v) is 12.4. The highest BCUT2D eigenvalue weighted by molar-refractivity contribution is 8.01. The van der Waals surface area contributed by atoms with Crippen molar-refractivity contribution in [2.45, 2.75) is 39.5 Å². The molecule has 0 aliphatic carbocycles. The van der Waals surface area contributed by atoms with Crippen molar-refractivity contribution in [2.24, 2.45) is 0 Å². The summed E-state index contributed by atoms with van der Waals surface area (Å²) in [4.78, 5) is 0. The van der Waals surface area contributed by atoms with Crippen molar-refractivity contribution in [1.82, 2.24) is 0 Å². The van der Waals surface area contributed by atoms with Gasteiger partial charge in [0.15, 0.2) is 52.4 Å². The highest BCUT2D eigenvalue weighted by Crippen LogP contribution is 2.50. The molecule has 236 valence electrons. The number of halogens is 15. The molecule has 0 saturated carbocycles. The van der Waals surface area contributed by atoms with Crippen LogP contribution in [0.3, 0.4) is 0 Å². The largest absolute Gasteiger partial charge is 0.261 e. The van der Waals surface area contributed by atoms with E-state index in [2.05, 4.69) is 0 Å². The number of benzene rings is 3. The molecule has 0 N–H and O–H groups in total. The van der Waals surface area contributed by atoms with E-state index in [1.807, 2.05) is 0 Å². The first-order chi connectivity index (χ1) is 20.0. The first-order valence-electron chi connectivity index (χ1n) is 12.5. The maximum absolute atomic E-state index is 15.7. The molecule has 0 nitrogen and oxygen atoms in total. The quantitative estimate of drug-likeness (QED) is 0.0687. The second kappa shape index (κ2) is 13.0. The third-order valence-electron chi connectivity index (χ3n) is 7.13. The summed E-state index contributed by atoms with van der Waals surface area (Å²) in [5.41, 5.74) is -7.50. The summed E-state index contributed by atoms with van der Waals surface area (Å²) in [5, 5.41) is 0. The highest BCUT2D eigenvalue weighted by atomic mass is 31.1. The molecule has 0 aromatic heterocycles. The van der Waals surface area contributed by atoms with Gasteiger partial charge in [-0.15, -0.1) is 16.4 Å². The predicted octanol–water partition coefficient (Wildman–Crippen LogP) is 7.82. The summed E-state index contributed by atoms with van der Waals surface area (Å²) < 4.78 is 224. The van der Waals surface area contributed by atoms with E-state index in [1.54, 1.807) is 0 Å². The van der Waals surface area contributed by atoms with E-state index in [9.17, 15) is 39.5 Å². The van der Waals surface area contributed by atoms with Gasteiger partial charge in [-0.3, -0.25) is 7.80 Å². The Bertz CT molecular complexity index is 1310. The Hall–Kier alpha value is -2.90. The normalized spacial score (nSPS) is 12.1. The van der Waals surface area contributed by atoms with Crippen molar-refractivity contribution in [3.05, 3.63) is 87.3 Å². The van der Waals surface area contributed by atoms with Gasteiger partial charge in [0.05, 0.1) is 0 Å². The van der Waals surface area contributed by atoms with E-state index in [1.165, 1.54) is 13.8 Å². The minimum absolute atomic E-state index is 0.0719. The van der Waals surface area contributed by atoms with Crippen LogP contribution in [0.5, 0.6) is 0 Å². The van der Waals surface area contributed by atoms with Gasteiger partial charge in [0.1, 0.15) is 40.8 Å². The molecule has 0 amide bonds. The maximum Gasteiger partial charge on any atom is 0.200 e. The van der Waals surface area contributed by atoms with Crippen LogP contribution in [-0.4, -0.2) is 18.2 Å². The number of hydrogen-bond acceptors (Lipinski definition) is 0. The van der Waals surface area contributed by atoms with Gasteiger partial charge >= 0.3 is 0 Å². The number of hydrogen-bond donors (Lipinski definition) is 0. The van der Waals surface area contributed by atoms with E-state index < -0.39 is 130 Å². The molecule has 43 heavy (non-hydrogen) atoms. The molecule has 0 spiro atoms. The van der Waals surface area contributed by atoms with Gasteiger partial charge in [-0.05, 0) is 0 Å². The summed E-state index contributed by atoms with van der Waals surface area (Å²) in [6, 6.07) is 0. The van der Waals surface area contributed by atoms with Gasteiger partial charge in [0, 0.05) is 0 Å². The predicted molar refractivity (Wildman–Crippen MR) is 130 cm³/mol. The molecule has 0 aliphatic rings. The Morgan fingerprint density at radius 2 is 0.535 bits per heavy atom. The molecule has 0 atom stereocenters. The molecule has 3 aromatic rings. The Balaban J connectivity index is 2.94. The Kier molecular flexibility index (Phi) is 10.5. The fraction of sp³-hybridized carbons (Fsp3) is 0.308. The average molecular weight is 657 g/mol. The van der Waals surface area contributed by atoms with Gasteiger partial charge in [-0.1, -0.05) is 51.9 Å². The fourth-order valence-corrected chi connectivity index (χ4v) is 9.39. The van der Waals surface area contributed by atoms with E-state index in [4.69, 9.17) is 0 Å². The topological polar surface area (TPSA) is 0 Å². The van der Waals surface area contributed by atoms with Gasteiger partial charge in [0.2, 0.25) is 0 Å². The molecule has 0 heterocycles. The van der Waals surface area contributed by atoms with Crippen molar-refractivity contribution in [3.63, 3.8) is 0 Å². The molecule has 3 aromatic carbocycles. The standard InChI is InChI=1S/C26H18BF15P/c1-3-5-7-43(8-6-4-2)27(9-12(28)18(34)24(40)19(35)13(9)29,10-14(30)20(36)25(41)21(37)15(10)31)11-16(32)22(38)26(42)23(39)17(11)33/h3-8H2,1-2H3/q-1. The first-order valence-corrected chi connectivity index (χ1v) is 14.3. The van der Waals surface area contributed by atoms with Gasteiger partial charge in [-0.25, -0.2) is 65.9 Å². The van der Waals surface area contributed by atoms with E-state index >= 15 is 26.3 Å². The fourth-order valence-electron chi connectivity index (χ4n) is 5.17. The van der Waals surface area contributed by atoms with E-state index in [0.717, 1.165) is 0 Å². The lowest BCUT2D eigenvalue weighted by Crippen LogP contribution is -2.72. The summed E-state index contributed by atoms with van der Waals surface area (Å²) in [5.74, 6) is -49.7. The third-order valence-corrected chi connectivity index (χ3v) is 10.8. The van der Waals surface area contributed by atoms with Crippen LogP contribution in [0.2, 0.25) is 0 Å². The zero-order valence-electron chi connectivity index (χ0n) is 21.9. The summed E-state index contributed by atoms with van der Waals surface area (Å²) in [7, 11) is -3.19. The van der Waals surface area contributed by atoms with Crippen LogP contribution in [0.25, 0.3) is 0 Å². The highest BCUT2D eigenvalue weighted by Gasteiger charge is 2.51. The first kappa shape index (κ1) is 34.6. The maximum atomic E-state index is 15.7. The Morgan fingerprint density at radius 3 is 0.721 bits per heavy atom. The van der Waals surface area contributed by atoms with Crippen molar-refractivity contribution < 1.29 is 65.9 Å². The van der Waals surface area contributed by atoms with E-state index in [-0.39, 0.29) is 25.7 Å². The van der Waals surface area contributed by atoms with Crippen LogP contribution >= 0.6 is 7.80 Å².